The maximum atomic E-state index is 3.46. The lowest BCUT2D eigenvalue weighted by Crippen LogP contribution is -2.25. The van der Waals surface area contributed by atoms with E-state index in [1.165, 1.54) is 57.8 Å². The maximum Gasteiger partial charge on any atom is 0.00694 e. The molecule has 0 heterocycles. The zero-order valence-corrected chi connectivity index (χ0v) is 10.5. The quantitative estimate of drug-likeness (QED) is 0.746. The van der Waals surface area contributed by atoms with Crippen LogP contribution in [0.2, 0.25) is 0 Å². The largest absolute Gasteiger partial charge is 0.317 e. The Morgan fingerprint density at radius 2 is 1.87 bits per heavy atom. The van der Waals surface area contributed by atoms with Gasteiger partial charge in [0.25, 0.3) is 0 Å². The molecule has 0 spiro atoms. The molecule has 0 saturated heterocycles. The minimum atomic E-state index is 0.662. The fraction of sp³-hybridized carbons (Fsp3) is 1.00. The van der Waals surface area contributed by atoms with Crippen LogP contribution in [0.25, 0.3) is 0 Å². The Balaban J connectivity index is 1.82. The first-order valence-electron chi connectivity index (χ1n) is 6.89. The van der Waals surface area contributed by atoms with Crippen molar-refractivity contribution < 1.29 is 0 Å². The average molecular weight is 209 g/mol. The standard InChI is InChI=1S/C14H27N/c1-14(9-8-13(11-14)15-2)10-12-6-4-3-5-7-12/h12-13,15H,3-11H2,1-2H3. The Morgan fingerprint density at radius 3 is 2.47 bits per heavy atom. The SMILES string of the molecule is CNC1CCC(C)(CC2CCCCC2)C1. The summed E-state index contributed by atoms with van der Waals surface area (Å²) in [4.78, 5) is 0. The monoisotopic (exact) mass is 209 g/mol. The van der Waals surface area contributed by atoms with Gasteiger partial charge in [-0.1, -0.05) is 39.0 Å². The fourth-order valence-corrected chi connectivity index (χ4v) is 3.84. The Hall–Kier alpha value is -0.0400. The van der Waals surface area contributed by atoms with Gasteiger partial charge in [-0.3, -0.25) is 0 Å². The lowest BCUT2D eigenvalue weighted by molar-refractivity contribution is 0.204. The molecular formula is C14H27N. The van der Waals surface area contributed by atoms with Gasteiger partial charge in [-0.05, 0) is 44.1 Å². The van der Waals surface area contributed by atoms with Crippen LogP contribution in [0, 0.1) is 11.3 Å². The van der Waals surface area contributed by atoms with Crippen molar-refractivity contribution in [3.05, 3.63) is 0 Å². The van der Waals surface area contributed by atoms with Gasteiger partial charge in [0, 0.05) is 6.04 Å². The number of rotatable bonds is 3. The lowest BCUT2D eigenvalue weighted by atomic mass is 9.74. The van der Waals surface area contributed by atoms with Crippen molar-refractivity contribution in [2.24, 2.45) is 11.3 Å². The van der Waals surface area contributed by atoms with Crippen LogP contribution >= 0.6 is 0 Å². The second-order valence-electron chi connectivity index (χ2n) is 6.25. The van der Waals surface area contributed by atoms with Crippen LogP contribution in [-0.4, -0.2) is 13.1 Å². The van der Waals surface area contributed by atoms with E-state index in [-0.39, 0.29) is 0 Å². The molecule has 0 radical (unpaired) electrons. The topological polar surface area (TPSA) is 12.0 Å². The summed E-state index contributed by atoms with van der Waals surface area (Å²) in [6, 6.07) is 0.804. The van der Waals surface area contributed by atoms with E-state index in [0.29, 0.717) is 5.41 Å². The Bertz CT molecular complexity index is 196. The van der Waals surface area contributed by atoms with E-state index in [2.05, 4.69) is 19.3 Å². The van der Waals surface area contributed by atoms with Crippen molar-refractivity contribution in [2.45, 2.75) is 70.8 Å². The van der Waals surface area contributed by atoms with Crippen LogP contribution in [0.5, 0.6) is 0 Å². The second-order valence-corrected chi connectivity index (χ2v) is 6.25. The van der Waals surface area contributed by atoms with Crippen molar-refractivity contribution in [3.63, 3.8) is 0 Å². The number of hydrogen-bond acceptors (Lipinski definition) is 1. The Kier molecular flexibility index (Phi) is 3.71. The average Bonchev–Trinajstić information content (AvgIpc) is 2.61. The molecule has 15 heavy (non-hydrogen) atoms. The summed E-state index contributed by atoms with van der Waals surface area (Å²) in [5.74, 6) is 1.05. The molecule has 88 valence electrons. The van der Waals surface area contributed by atoms with Crippen molar-refractivity contribution in [2.75, 3.05) is 7.05 Å². The second kappa shape index (κ2) is 4.86. The van der Waals surface area contributed by atoms with Gasteiger partial charge >= 0.3 is 0 Å². The first kappa shape index (κ1) is 11.4. The first-order chi connectivity index (χ1) is 7.22. The lowest BCUT2D eigenvalue weighted by Gasteiger charge is -2.31. The van der Waals surface area contributed by atoms with Crippen LogP contribution in [0.4, 0.5) is 0 Å². The van der Waals surface area contributed by atoms with Crippen LogP contribution in [-0.2, 0) is 0 Å². The highest BCUT2D eigenvalue weighted by Crippen LogP contribution is 2.45. The van der Waals surface area contributed by atoms with Gasteiger partial charge < -0.3 is 5.32 Å². The van der Waals surface area contributed by atoms with Gasteiger partial charge in [0.15, 0.2) is 0 Å². The summed E-state index contributed by atoms with van der Waals surface area (Å²) in [5.41, 5.74) is 0.662. The van der Waals surface area contributed by atoms with E-state index >= 15 is 0 Å². The number of nitrogens with one attached hydrogen (secondary N) is 1. The predicted octanol–water partition coefficient (Wildman–Crippen LogP) is 3.74. The first-order valence-corrected chi connectivity index (χ1v) is 6.89. The van der Waals surface area contributed by atoms with E-state index in [1.807, 2.05) is 0 Å². The molecule has 0 aliphatic heterocycles. The third-order valence-corrected chi connectivity index (χ3v) is 4.75. The zero-order valence-electron chi connectivity index (χ0n) is 10.5. The van der Waals surface area contributed by atoms with Gasteiger partial charge in [0.1, 0.15) is 0 Å². The van der Waals surface area contributed by atoms with E-state index in [1.54, 1.807) is 0 Å². The molecule has 2 rings (SSSR count). The molecule has 2 unspecified atom stereocenters. The van der Waals surface area contributed by atoms with Crippen LogP contribution in [0.1, 0.15) is 64.7 Å². The smallest absolute Gasteiger partial charge is 0.00694 e. The van der Waals surface area contributed by atoms with E-state index in [0.717, 1.165) is 12.0 Å². The highest BCUT2D eigenvalue weighted by Gasteiger charge is 2.36. The molecule has 1 nitrogen and oxygen atoms in total. The van der Waals surface area contributed by atoms with Crippen LogP contribution in [0.15, 0.2) is 0 Å². The summed E-state index contributed by atoms with van der Waals surface area (Å²) >= 11 is 0. The molecular weight excluding hydrogens is 182 g/mol. The van der Waals surface area contributed by atoms with Crippen molar-refractivity contribution >= 4 is 0 Å². The molecule has 0 aromatic carbocycles. The molecule has 2 fully saturated rings. The highest BCUT2D eigenvalue weighted by molar-refractivity contribution is 4.90. The number of hydrogen-bond donors (Lipinski definition) is 1. The Morgan fingerprint density at radius 1 is 1.13 bits per heavy atom. The molecule has 2 aliphatic carbocycles. The van der Waals surface area contributed by atoms with E-state index in [9.17, 15) is 0 Å². The summed E-state index contributed by atoms with van der Waals surface area (Å²) in [5, 5.41) is 3.46. The zero-order chi connectivity index (χ0) is 10.7. The van der Waals surface area contributed by atoms with Crippen LogP contribution < -0.4 is 5.32 Å². The van der Waals surface area contributed by atoms with Gasteiger partial charge in [-0.2, -0.15) is 0 Å². The minimum Gasteiger partial charge on any atom is -0.317 e. The molecule has 2 saturated carbocycles. The summed E-state index contributed by atoms with van der Waals surface area (Å²) in [6.07, 6.45) is 13.3. The molecule has 0 amide bonds. The van der Waals surface area contributed by atoms with Gasteiger partial charge in [0.05, 0.1) is 0 Å². The molecule has 2 aliphatic rings. The maximum absolute atomic E-state index is 3.46. The van der Waals surface area contributed by atoms with Gasteiger partial charge in [-0.15, -0.1) is 0 Å². The molecule has 0 aromatic heterocycles. The highest BCUT2D eigenvalue weighted by atomic mass is 14.9. The molecule has 1 heteroatoms. The van der Waals surface area contributed by atoms with Crippen molar-refractivity contribution in [1.82, 2.24) is 5.32 Å². The fourth-order valence-electron chi connectivity index (χ4n) is 3.84. The Labute approximate surface area is 95.0 Å². The summed E-state index contributed by atoms with van der Waals surface area (Å²) in [6.45, 7) is 2.53. The van der Waals surface area contributed by atoms with E-state index in [4.69, 9.17) is 0 Å². The van der Waals surface area contributed by atoms with Gasteiger partial charge in [-0.25, -0.2) is 0 Å². The van der Waals surface area contributed by atoms with Crippen molar-refractivity contribution in [3.8, 4) is 0 Å². The van der Waals surface area contributed by atoms with Gasteiger partial charge in [0.2, 0.25) is 0 Å². The molecule has 0 aromatic rings. The predicted molar refractivity (Wildman–Crippen MR) is 66.0 cm³/mol. The minimum absolute atomic E-state index is 0.662. The third-order valence-electron chi connectivity index (χ3n) is 4.75. The van der Waals surface area contributed by atoms with E-state index < -0.39 is 0 Å². The third kappa shape index (κ3) is 2.96. The summed E-state index contributed by atoms with van der Waals surface area (Å²) < 4.78 is 0. The molecule has 1 N–H and O–H groups in total. The normalized spacial score (nSPS) is 38.4. The molecule has 0 bridgehead atoms. The van der Waals surface area contributed by atoms with Crippen molar-refractivity contribution in [1.29, 1.82) is 0 Å². The summed E-state index contributed by atoms with van der Waals surface area (Å²) in [7, 11) is 2.12. The van der Waals surface area contributed by atoms with Crippen LogP contribution in [0.3, 0.4) is 0 Å². The molecule has 2 atom stereocenters.